The van der Waals surface area contributed by atoms with E-state index in [0.717, 1.165) is 37.8 Å². The van der Waals surface area contributed by atoms with Gasteiger partial charge in [-0.15, -0.1) is 0 Å². The van der Waals surface area contributed by atoms with Gasteiger partial charge in [-0.3, -0.25) is 4.99 Å². The van der Waals surface area contributed by atoms with E-state index in [1.54, 1.807) is 21.3 Å². The molecule has 1 rings (SSSR count). The summed E-state index contributed by atoms with van der Waals surface area (Å²) in [5.74, 6) is 1.69. The Hall–Kier alpha value is -1.75. The Morgan fingerprint density at radius 2 is 2.00 bits per heavy atom. The van der Waals surface area contributed by atoms with Gasteiger partial charge < -0.3 is 20.1 Å². The lowest BCUT2D eigenvalue weighted by atomic mass is 9.84. The van der Waals surface area contributed by atoms with E-state index in [-0.39, 0.29) is 5.41 Å². The third-order valence-corrected chi connectivity index (χ3v) is 3.59. The Kier molecular flexibility index (Phi) is 7.74. The number of nitrogens with zero attached hydrogens (tertiary/aromatic N) is 1. The fraction of sp³-hybridized carbons (Fsp3) is 0.588. The van der Waals surface area contributed by atoms with Gasteiger partial charge in [0, 0.05) is 39.3 Å². The summed E-state index contributed by atoms with van der Waals surface area (Å²) >= 11 is 0. The number of guanidine groups is 1. The second kappa shape index (κ2) is 9.30. The van der Waals surface area contributed by atoms with Crippen LogP contribution >= 0.6 is 0 Å². The Morgan fingerprint density at radius 1 is 1.23 bits per heavy atom. The van der Waals surface area contributed by atoms with E-state index < -0.39 is 0 Å². The molecule has 0 aliphatic carbocycles. The molecule has 0 unspecified atom stereocenters. The molecule has 0 saturated carbocycles. The van der Waals surface area contributed by atoms with Gasteiger partial charge in [0.15, 0.2) is 5.96 Å². The highest BCUT2D eigenvalue weighted by Crippen LogP contribution is 2.25. The van der Waals surface area contributed by atoms with Crippen LogP contribution in [0, 0.1) is 0 Å². The van der Waals surface area contributed by atoms with Gasteiger partial charge in [-0.25, -0.2) is 0 Å². The first-order valence-corrected chi connectivity index (χ1v) is 7.61. The topological polar surface area (TPSA) is 54.9 Å². The maximum atomic E-state index is 5.30. The van der Waals surface area contributed by atoms with Gasteiger partial charge in [0.2, 0.25) is 0 Å². The summed E-state index contributed by atoms with van der Waals surface area (Å²) in [6.07, 6.45) is 0.955. The minimum atomic E-state index is -0.0291. The van der Waals surface area contributed by atoms with Crippen LogP contribution in [0.5, 0.6) is 5.75 Å². The predicted octanol–water partition coefficient (Wildman–Crippen LogP) is 2.17. The van der Waals surface area contributed by atoms with Crippen LogP contribution in [0.1, 0.15) is 25.8 Å². The maximum Gasteiger partial charge on any atom is 0.191 e. The van der Waals surface area contributed by atoms with Gasteiger partial charge in [-0.2, -0.15) is 0 Å². The molecule has 0 bridgehead atoms. The summed E-state index contributed by atoms with van der Waals surface area (Å²) in [4.78, 5) is 4.25. The molecule has 0 radical (unpaired) electrons. The molecule has 0 aliphatic rings. The molecule has 2 N–H and O–H groups in total. The van der Waals surface area contributed by atoms with Crippen molar-refractivity contribution in [2.24, 2.45) is 4.99 Å². The van der Waals surface area contributed by atoms with Crippen LogP contribution in [0.25, 0.3) is 0 Å². The van der Waals surface area contributed by atoms with Crippen LogP contribution in [-0.4, -0.2) is 46.9 Å². The standard InChI is InChI=1S/C17H29N3O2/c1-17(2,14-8-6-9-15(12-14)22-5)13-20-16(18-3)19-10-7-11-21-4/h6,8-9,12H,7,10-11,13H2,1-5H3,(H2,18,19,20). The number of aliphatic imine (C=N–C) groups is 1. The van der Waals surface area contributed by atoms with E-state index in [9.17, 15) is 0 Å². The van der Waals surface area contributed by atoms with Crippen molar-refractivity contribution in [3.05, 3.63) is 29.8 Å². The first kappa shape index (κ1) is 18.3. The van der Waals surface area contributed by atoms with E-state index in [0.29, 0.717) is 0 Å². The Balaban J connectivity index is 2.55. The second-order valence-corrected chi connectivity index (χ2v) is 5.81. The van der Waals surface area contributed by atoms with Crippen molar-refractivity contribution in [3.8, 4) is 5.75 Å². The van der Waals surface area contributed by atoms with Gasteiger partial charge in [0.1, 0.15) is 5.75 Å². The average molecular weight is 307 g/mol. The maximum absolute atomic E-state index is 5.30. The second-order valence-electron chi connectivity index (χ2n) is 5.81. The van der Waals surface area contributed by atoms with E-state index >= 15 is 0 Å². The Labute approximate surface area is 134 Å². The van der Waals surface area contributed by atoms with Crippen LogP contribution in [0.3, 0.4) is 0 Å². The van der Waals surface area contributed by atoms with Crippen molar-refractivity contribution in [2.45, 2.75) is 25.7 Å². The van der Waals surface area contributed by atoms with Gasteiger partial charge in [-0.05, 0) is 24.1 Å². The highest BCUT2D eigenvalue weighted by atomic mass is 16.5. The number of rotatable bonds is 8. The molecule has 0 fully saturated rings. The van der Waals surface area contributed by atoms with Crippen LogP contribution in [0.2, 0.25) is 0 Å². The van der Waals surface area contributed by atoms with Crippen LogP contribution in [-0.2, 0) is 10.2 Å². The van der Waals surface area contributed by atoms with Crippen molar-refractivity contribution in [1.29, 1.82) is 0 Å². The number of hydrogen-bond donors (Lipinski definition) is 2. The SMILES string of the molecule is CN=C(NCCCOC)NCC(C)(C)c1cccc(OC)c1. The number of benzene rings is 1. The quantitative estimate of drug-likeness (QED) is 0.439. The van der Waals surface area contributed by atoms with Crippen LogP contribution < -0.4 is 15.4 Å². The number of methoxy groups -OCH3 is 2. The molecule has 124 valence electrons. The lowest BCUT2D eigenvalue weighted by Crippen LogP contribution is -2.43. The molecule has 5 nitrogen and oxygen atoms in total. The molecule has 0 aliphatic heterocycles. The molecule has 0 amide bonds. The van der Waals surface area contributed by atoms with E-state index in [1.165, 1.54) is 5.56 Å². The van der Waals surface area contributed by atoms with E-state index in [2.05, 4.69) is 41.6 Å². The molecule has 1 aromatic carbocycles. The zero-order valence-corrected chi connectivity index (χ0v) is 14.4. The normalized spacial score (nSPS) is 12.1. The molecule has 0 aromatic heterocycles. The van der Waals surface area contributed by atoms with Gasteiger partial charge in [0.25, 0.3) is 0 Å². The number of nitrogens with one attached hydrogen (secondary N) is 2. The zero-order chi connectivity index (χ0) is 16.4. The van der Waals surface area contributed by atoms with Crippen molar-refractivity contribution in [2.75, 3.05) is 41.0 Å². The van der Waals surface area contributed by atoms with Crippen molar-refractivity contribution in [3.63, 3.8) is 0 Å². The number of ether oxygens (including phenoxy) is 2. The van der Waals surface area contributed by atoms with Crippen molar-refractivity contribution < 1.29 is 9.47 Å². The lowest BCUT2D eigenvalue weighted by Gasteiger charge is -2.27. The van der Waals surface area contributed by atoms with Crippen LogP contribution in [0.4, 0.5) is 0 Å². The minimum Gasteiger partial charge on any atom is -0.497 e. The minimum absolute atomic E-state index is 0.0291. The molecule has 0 atom stereocenters. The lowest BCUT2D eigenvalue weighted by molar-refractivity contribution is 0.195. The summed E-state index contributed by atoms with van der Waals surface area (Å²) in [7, 11) is 5.18. The molecular weight excluding hydrogens is 278 g/mol. The molecule has 5 heteroatoms. The third-order valence-electron chi connectivity index (χ3n) is 3.59. The van der Waals surface area contributed by atoms with Crippen molar-refractivity contribution in [1.82, 2.24) is 10.6 Å². The molecular formula is C17H29N3O2. The molecule has 0 saturated heterocycles. The third kappa shape index (κ3) is 5.93. The molecule has 1 aromatic rings. The summed E-state index contributed by atoms with van der Waals surface area (Å²) < 4.78 is 10.3. The van der Waals surface area contributed by atoms with Crippen LogP contribution in [0.15, 0.2) is 29.3 Å². The van der Waals surface area contributed by atoms with E-state index in [4.69, 9.17) is 9.47 Å². The summed E-state index contributed by atoms with van der Waals surface area (Å²) in [5, 5.41) is 6.66. The van der Waals surface area contributed by atoms with E-state index in [1.807, 2.05) is 12.1 Å². The number of hydrogen-bond acceptors (Lipinski definition) is 3. The average Bonchev–Trinajstić information content (AvgIpc) is 2.54. The highest BCUT2D eigenvalue weighted by Gasteiger charge is 2.21. The fourth-order valence-corrected chi connectivity index (χ4v) is 2.09. The molecule has 22 heavy (non-hydrogen) atoms. The fourth-order valence-electron chi connectivity index (χ4n) is 2.09. The Morgan fingerprint density at radius 3 is 2.64 bits per heavy atom. The van der Waals surface area contributed by atoms with Gasteiger partial charge in [0.05, 0.1) is 7.11 Å². The van der Waals surface area contributed by atoms with Gasteiger partial charge in [-0.1, -0.05) is 26.0 Å². The first-order valence-electron chi connectivity index (χ1n) is 7.61. The first-order chi connectivity index (χ1) is 10.5. The monoisotopic (exact) mass is 307 g/mol. The summed E-state index contributed by atoms with van der Waals surface area (Å²) in [5.41, 5.74) is 1.20. The Bertz CT molecular complexity index is 473. The summed E-state index contributed by atoms with van der Waals surface area (Å²) in [6.45, 7) is 6.77. The van der Waals surface area contributed by atoms with Gasteiger partial charge >= 0.3 is 0 Å². The summed E-state index contributed by atoms with van der Waals surface area (Å²) in [6, 6.07) is 8.19. The van der Waals surface area contributed by atoms with Crippen molar-refractivity contribution >= 4 is 5.96 Å². The zero-order valence-electron chi connectivity index (χ0n) is 14.4. The highest BCUT2D eigenvalue weighted by molar-refractivity contribution is 5.79. The molecule has 0 spiro atoms. The predicted molar refractivity (Wildman–Crippen MR) is 91.9 cm³/mol. The molecule has 0 heterocycles. The smallest absolute Gasteiger partial charge is 0.191 e. The largest absolute Gasteiger partial charge is 0.497 e.